The van der Waals surface area contributed by atoms with Crippen LogP contribution in [-0.4, -0.2) is 17.0 Å². The molecule has 0 saturated heterocycles. The van der Waals surface area contributed by atoms with Gasteiger partial charge in [0.1, 0.15) is 5.75 Å². The Balaban J connectivity index is 2.26. The highest BCUT2D eigenvalue weighted by atomic mass is 16.5. The van der Waals surface area contributed by atoms with Gasteiger partial charge in [-0.3, -0.25) is 9.59 Å². The zero-order valence-electron chi connectivity index (χ0n) is 13.2. The summed E-state index contributed by atoms with van der Waals surface area (Å²) in [7, 11) is 0. The molecule has 0 unspecified atom stereocenters. The van der Waals surface area contributed by atoms with Crippen molar-refractivity contribution < 1.29 is 19.4 Å². The van der Waals surface area contributed by atoms with Crippen molar-refractivity contribution in [3.63, 3.8) is 0 Å². The van der Waals surface area contributed by atoms with E-state index in [1.807, 2.05) is 25.1 Å². The van der Waals surface area contributed by atoms with Crippen molar-refractivity contribution in [1.82, 2.24) is 0 Å². The van der Waals surface area contributed by atoms with Crippen LogP contribution in [0.3, 0.4) is 0 Å². The number of allylic oxidation sites excluding steroid dienone is 2. The maximum absolute atomic E-state index is 11.3. The summed E-state index contributed by atoms with van der Waals surface area (Å²) in [6.07, 6.45) is 3.52. The molecule has 0 bridgehead atoms. The van der Waals surface area contributed by atoms with Gasteiger partial charge >= 0.3 is 11.9 Å². The molecule has 22 heavy (non-hydrogen) atoms. The number of carbonyl (C=O) groups is 2. The Morgan fingerprint density at radius 2 is 1.91 bits per heavy atom. The Labute approximate surface area is 130 Å². The fourth-order valence-electron chi connectivity index (χ4n) is 3.31. The van der Waals surface area contributed by atoms with Gasteiger partial charge in [0.05, 0.1) is 5.92 Å². The molecule has 3 atom stereocenters. The van der Waals surface area contributed by atoms with E-state index in [-0.39, 0.29) is 23.7 Å². The number of rotatable bonds is 4. The first-order chi connectivity index (χ1) is 10.4. The Bertz CT molecular complexity index is 586. The molecule has 0 aliphatic heterocycles. The highest BCUT2D eigenvalue weighted by Crippen LogP contribution is 2.41. The first-order valence-electron chi connectivity index (χ1n) is 7.65. The van der Waals surface area contributed by atoms with Gasteiger partial charge in [-0.05, 0) is 47.9 Å². The Morgan fingerprint density at radius 3 is 2.41 bits per heavy atom. The molecule has 0 radical (unpaired) electrons. The summed E-state index contributed by atoms with van der Waals surface area (Å²) in [5.41, 5.74) is 2.26. The predicted octanol–water partition coefficient (Wildman–Crippen LogP) is 3.76. The molecule has 0 saturated carbocycles. The summed E-state index contributed by atoms with van der Waals surface area (Å²) in [6.45, 7) is 5.48. The fourth-order valence-corrected chi connectivity index (χ4v) is 3.31. The molecular weight excluding hydrogens is 280 g/mol. The third-order valence-corrected chi connectivity index (χ3v) is 4.47. The van der Waals surface area contributed by atoms with Crippen LogP contribution in [0.4, 0.5) is 0 Å². The molecular formula is C18H22O4. The van der Waals surface area contributed by atoms with Crippen LogP contribution < -0.4 is 4.74 Å². The van der Waals surface area contributed by atoms with E-state index in [2.05, 4.69) is 6.92 Å². The van der Waals surface area contributed by atoms with Crippen LogP contribution in [-0.2, 0) is 9.59 Å². The van der Waals surface area contributed by atoms with E-state index in [9.17, 15) is 14.7 Å². The van der Waals surface area contributed by atoms with Crippen molar-refractivity contribution in [2.75, 3.05) is 0 Å². The molecule has 0 spiro atoms. The van der Waals surface area contributed by atoms with E-state index in [0.717, 1.165) is 12.0 Å². The zero-order chi connectivity index (χ0) is 16.3. The SMILES string of the molecule is CC[C@H]1C(c2ccc(OC(C)=O)cc2)=CC[C@H](C(=O)O)[C@H]1C. The second-order valence-electron chi connectivity index (χ2n) is 5.83. The normalized spacial score (nSPS) is 24.5. The summed E-state index contributed by atoms with van der Waals surface area (Å²) >= 11 is 0. The number of hydrogen-bond donors (Lipinski definition) is 1. The van der Waals surface area contributed by atoms with E-state index in [1.54, 1.807) is 12.1 Å². The quantitative estimate of drug-likeness (QED) is 0.679. The highest BCUT2D eigenvalue weighted by Gasteiger charge is 2.35. The van der Waals surface area contributed by atoms with Gasteiger partial charge < -0.3 is 9.84 Å². The number of benzene rings is 1. The van der Waals surface area contributed by atoms with Crippen LogP contribution in [0.1, 0.15) is 39.2 Å². The van der Waals surface area contributed by atoms with Gasteiger partial charge in [0.25, 0.3) is 0 Å². The fraction of sp³-hybridized carbons (Fsp3) is 0.444. The largest absolute Gasteiger partial charge is 0.481 e. The topological polar surface area (TPSA) is 63.6 Å². The molecule has 4 nitrogen and oxygen atoms in total. The predicted molar refractivity (Wildman–Crippen MR) is 84.4 cm³/mol. The van der Waals surface area contributed by atoms with E-state index in [4.69, 9.17) is 4.74 Å². The van der Waals surface area contributed by atoms with Gasteiger partial charge in [-0.1, -0.05) is 32.1 Å². The summed E-state index contributed by atoms with van der Waals surface area (Å²) in [5, 5.41) is 9.32. The van der Waals surface area contributed by atoms with Crippen LogP contribution >= 0.6 is 0 Å². The van der Waals surface area contributed by atoms with Crippen molar-refractivity contribution in [2.45, 2.75) is 33.6 Å². The maximum Gasteiger partial charge on any atom is 0.308 e. The summed E-state index contributed by atoms with van der Waals surface area (Å²) in [4.78, 5) is 22.3. The van der Waals surface area contributed by atoms with Gasteiger partial charge in [-0.15, -0.1) is 0 Å². The lowest BCUT2D eigenvalue weighted by Crippen LogP contribution is -2.30. The first-order valence-corrected chi connectivity index (χ1v) is 7.65. The lowest BCUT2D eigenvalue weighted by Gasteiger charge is -2.34. The summed E-state index contributed by atoms with van der Waals surface area (Å²) in [6, 6.07) is 7.41. The lowest BCUT2D eigenvalue weighted by atomic mass is 9.70. The minimum Gasteiger partial charge on any atom is -0.481 e. The number of ether oxygens (including phenoxy) is 1. The molecule has 0 amide bonds. The van der Waals surface area contributed by atoms with Gasteiger partial charge in [0, 0.05) is 6.92 Å². The van der Waals surface area contributed by atoms with Crippen molar-refractivity contribution in [2.24, 2.45) is 17.8 Å². The average Bonchev–Trinajstić information content (AvgIpc) is 2.46. The number of hydrogen-bond acceptors (Lipinski definition) is 3. The van der Waals surface area contributed by atoms with E-state index < -0.39 is 5.97 Å². The van der Waals surface area contributed by atoms with Gasteiger partial charge in [-0.25, -0.2) is 0 Å². The third kappa shape index (κ3) is 3.38. The Kier molecular flexibility index (Phi) is 5.01. The smallest absolute Gasteiger partial charge is 0.308 e. The monoisotopic (exact) mass is 302 g/mol. The zero-order valence-corrected chi connectivity index (χ0v) is 13.2. The molecule has 0 fully saturated rings. The second-order valence-corrected chi connectivity index (χ2v) is 5.83. The first kappa shape index (κ1) is 16.3. The van der Waals surface area contributed by atoms with Crippen molar-refractivity contribution in [1.29, 1.82) is 0 Å². The molecule has 1 aliphatic rings. The van der Waals surface area contributed by atoms with Crippen molar-refractivity contribution >= 4 is 17.5 Å². The van der Waals surface area contributed by atoms with Crippen LogP contribution in [0.15, 0.2) is 30.3 Å². The van der Waals surface area contributed by atoms with E-state index in [0.29, 0.717) is 12.2 Å². The molecule has 0 heterocycles. The number of esters is 1. The minimum atomic E-state index is -0.716. The van der Waals surface area contributed by atoms with Gasteiger partial charge in [-0.2, -0.15) is 0 Å². The second kappa shape index (κ2) is 6.77. The van der Waals surface area contributed by atoms with Crippen molar-refractivity contribution in [3.05, 3.63) is 35.9 Å². The Hall–Kier alpha value is -2.10. The maximum atomic E-state index is 11.3. The lowest BCUT2D eigenvalue weighted by molar-refractivity contribution is -0.144. The van der Waals surface area contributed by atoms with Crippen LogP contribution in [0.5, 0.6) is 5.75 Å². The molecule has 2 rings (SSSR count). The molecule has 4 heteroatoms. The third-order valence-electron chi connectivity index (χ3n) is 4.47. The highest BCUT2D eigenvalue weighted by molar-refractivity contribution is 5.76. The van der Waals surface area contributed by atoms with E-state index >= 15 is 0 Å². The minimum absolute atomic E-state index is 0.107. The number of aliphatic carboxylic acids is 1. The molecule has 1 aromatic rings. The van der Waals surface area contributed by atoms with Crippen molar-refractivity contribution in [3.8, 4) is 5.75 Å². The van der Waals surface area contributed by atoms with Crippen LogP contribution in [0.2, 0.25) is 0 Å². The Morgan fingerprint density at radius 1 is 1.27 bits per heavy atom. The van der Waals surface area contributed by atoms with E-state index in [1.165, 1.54) is 12.5 Å². The molecule has 1 N–H and O–H groups in total. The molecule has 118 valence electrons. The molecule has 1 aliphatic carbocycles. The molecule has 0 aromatic heterocycles. The van der Waals surface area contributed by atoms with Crippen LogP contribution in [0, 0.1) is 17.8 Å². The molecule has 1 aromatic carbocycles. The number of carboxylic acid groups (broad SMARTS) is 1. The van der Waals surface area contributed by atoms with Gasteiger partial charge in [0.2, 0.25) is 0 Å². The van der Waals surface area contributed by atoms with Crippen LogP contribution in [0.25, 0.3) is 5.57 Å². The average molecular weight is 302 g/mol. The van der Waals surface area contributed by atoms with Gasteiger partial charge in [0.15, 0.2) is 0 Å². The summed E-state index contributed by atoms with van der Waals surface area (Å²) in [5.74, 6) is -0.503. The standard InChI is InChI=1S/C18H22O4/c1-4-15-11(2)16(18(20)21)9-10-17(15)13-5-7-14(8-6-13)22-12(3)19/h5-8,10-11,15-16H,4,9H2,1-3H3,(H,20,21)/t11-,15+,16-/m0/s1. The number of carboxylic acids is 1. The summed E-state index contributed by atoms with van der Waals surface area (Å²) < 4.78 is 5.04. The number of carbonyl (C=O) groups excluding carboxylic acids is 1.